The summed E-state index contributed by atoms with van der Waals surface area (Å²) in [5, 5.41) is 6.25. The normalized spacial score (nSPS) is 16.0. The van der Waals surface area contributed by atoms with E-state index in [-0.39, 0.29) is 18.4 Å². The molecule has 29 heavy (non-hydrogen) atoms. The van der Waals surface area contributed by atoms with E-state index in [9.17, 15) is 4.79 Å². The molecule has 4 rings (SSSR count). The Kier molecular flexibility index (Phi) is 6.44. The summed E-state index contributed by atoms with van der Waals surface area (Å²) in [7, 11) is 0. The molecule has 1 aliphatic rings. The molecule has 1 N–H and O–H groups in total. The SMILES string of the molecule is O=C(Cc1csc(-c2ccccc2Cl)n1)Nc1cccc(OCC2CCCO2)c1. The predicted molar refractivity (Wildman–Crippen MR) is 116 cm³/mol. The van der Waals surface area contributed by atoms with Gasteiger partial charge in [-0.3, -0.25) is 4.79 Å². The average molecular weight is 429 g/mol. The molecule has 1 aromatic heterocycles. The number of rotatable bonds is 7. The van der Waals surface area contributed by atoms with Crippen molar-refractivity contribution in [1.82, 2.24) is 4.98 Å². The molecule has 1 amide bonds. The van der Waals surface area contributed by atoms with E-state index in [2.05, 4.69) is 10.3 Å². The van der Waals surface area contributed by atoms with Crippen LogP contribution in [0.2, 0.25) is 5.02 Å². The quantitative estimate of drug-likeness (QED) is 0.561. The van der Waals surface area contributed by atoms with Crippen LogP contribution in [0.3, 0.4) is 0 Å². The van der Waals surface area contributed by atoms with Crippen LogP contribution in [-0.4, -0.2) is 30.2 Å². The molecule has 0 saturated carbocycles. The number of carbonyl (C=O) groups excluding carboxylic acids is 1. The zero-order chi connectivity index (χ0) is 20.1. The van der Waals surface area contributed by atoms with E-state index < -0.39 is 0 Å². The van der Waals surface area contributed by atoms with Crippen LogP contribution in [0.15, 0.2) is 53.9 Å². The van der Waals surface area contributed by atoms with Gasteiger partial charge in [0.2, 0.25) is 5.91 Å². The number of carbonyl (C=O) groups is 1. The van der Waals surface area contributed by atoms with Crippen molar-refractivity contribution in [3.8, 4) is 16.3 Å². The molecule has 5 nitrogen and oxygen atoms in total. The van der Waals surface area contributed by atoms with Crippen molar-refractivity contribution in [1.29, 1.82) is 0 Å². The maximum Gasteiger partial charge on any atom is 0.230 e. The summed E-state index contributed by atoms with van der Waals surface area (Å²) >= 11 is 7.71. The molecule has 3 aromatic rings. The molecule has 0 spiro atoms. The van der Waals surface area contributed by atoms with Gasteiger partial charge in [-0.05, 0) is 31.0 Å². The monoisotopic (exact) mass is 428 g/mol. The van der Waals surface area contributed by atoms with E-state index in [1.165, 1.54) is 11.3 Å². The van der Waals surface area contributed by atoms with E-state index in [1.807, 2.05) is 53.9 Å². The summed E-state index contributed by atoms with van der Waals surface area (Å²) in [6.07, 6.45) is 2.46. The third-order valence-electron chi connectivity index (χ3n) is 4.58. The van der Waals surface area contributed by atoms with Crippen LogP contribution in [0.1, 0.15) is 18.5 Å². The summed E-state index contributed by atoms with van der Waals surface area (Å²) in [6, 6.07) is 15.0. The zero-order valence-corrected chi connectivity index (χ0v) is 17.3. The zero-order valence-electron chi connectivity index (χ0n) is 15.8. The van der Waals surface area contributed by atoms with Crippen molar-refractivity contribution in [2.75, 3.05) is 18.5 Å². The van der Waals surface area contributed by atoms with Gasteiger partial charge in [0.05, 0.1) is 23.2 Å². The molecule has 7 heteroatoms. The van der Waals surface area contributed by atoms with E-state index in [0.29, 0.717) is 28.8 Å². The summed E-state index contributed by atoms with van der Waals surface area (Å²) < 4.78 is 11.4. The van der Waals surface area contributed by atoms with E-state index >= 15 is 0 Å². The van der Waals surface area contributed by atoms with E-state index in [1.54, 1.807) is 0 Å². The second-order valence-corrected chi connectivity index (χ2v) is 8.09. The van der Waals surface area contributed by atoms with Crippen LogP contribution >= 0.6 is 22.9 Å². The standard InChI is InChI=1S/C22H21ClN2O3S/c23-20-9-2-1-8-19(20)22-25-16(14-29-22)12-21(26)24-15-5-3-6-17(11-15)28-13-18-7-4-10-27-18/h1-3,5-6,8-9,11,14,18H,4,7,10,12-13H2,(H,24,26). The highest BCUT2D eigenvalue weighted by Crippen LogP contribution is 2.30. The van der Waals surface area contributed by atoms with Crippen LogP contribution in [0.25, 0.3) is 10.6 Å². The van der Waals surface area contributed by atoms with Gasteiger partial charge < -0.3 is 14.8 Å². The smallest absolute Gasteiger partial charge is 0.230 e. The van der Waals surface area contributed by atoms with Gasteiger partial charge in [-0.2, -0.15) is 0 Å². The fourth-order valence-corrected chi connectivity index (χ4v) is 4.28. The lowest BCUT2D eigenvalue weighted by molar-refractivity contribution is -0.115. The molecular weight excluding hydrogens is 408 g/mol. The Morgan fingerprint density at radius 2 is 2.17 bits per heavy atom. The first-order valence-corrected chi connectivity index (χ1v) is 10.8. The molecule has 0 bridgehead atoms. The minimum atomic E-state index is -0.128. The van der Waals surface area contributed by atoms with Crippen LogP contribution in [0, 0.1) is 0 Å². The van der Waals surface area contributed by atoms with Crippen molar-refractivity contribution in [3.63, 3.8) is 0 Å². The fraction of sp³-hybridized carbons (Fsp3) is 0.273. The number of aromatic nitrogens is 1. The fourth-order valence-electron chi connectivity index (χ4n) is 3.14. The number of nitrogens with zero attached hydrogens (tertiary/aromatic N) is 1. The number of halogens is 1. The van der Waals surface area contributed by atoms with E-state index in [4.69, 9.17) is 21.1 Å². The minimum absolute atomic E-state index is 0.128. The molecule has 150 valence electrons. The van der Waals surface area contributed by atoms with Crippen LogP contribution in [0.5, 0.6) is 5.75 Å². The molecule has 1 fully saturated rings. The first-order chi connectivity index (χ1) is 14.2. The lowest BCUT2D eigenvalue weighted by atomic mass is 10.2. The number of amides is 1. The summed E-state index contributed by atoms with van der Waals surface area (Å²) in [5.74, 6) is 0.588. The summed E-state index contributed by atoms with van der Waals surface area (Å²) in [4.78, 5) is 17.0. The molecule has 0 radical (unpaired) electrons. The van der Waals surface area contributed by atoms with Gasteiger partial charge in [0.15, 0.2) is 0 Å². The van der Waals surface area contributed by atoms with Crippen LogP contribution in [0.4, 0.5) is 5.69 Å². The first-order valence-electron chi connectivity index (χ1n) is 9.51. The average Bonchev–Trinajstić information content (AvgIpc) is 3.39. The van der Waals surface area contributed by atoms with Crippen molar-refractivity contribution in [2.45, 2.75) is 25.4 Å². The van der Waals surface area contributed by atoms with Gasteiger partial charge in [-0.25, -0.2) is 4.98 Å². The number of benzene rings is 2. The highest BCUT2D eigenvalue weighted by atomic mass is 35.5. The van der Waals surface area contributed by atoms with Gasteiger partial charge in [-0.1, -0.05) is 35.9 Å². The molecule has 1 saturated heterocycles. The van der Waals surface area contributed by atoms with Gasteiger partial charge in [-0.15, -0.1) is 11.3 Å². The van der Waals surface area contributed by atoms with Gasteiger partial charge in [0.25, 0.3) is 0 Å². The molecular formula is C22H21ClN2O3S. The summed E-state index contributed by atoms with van der Waals surface area (Å²) in [5.41, 5.74) is 2.29. The number of nitrogens with one attached hydrogen (secondary N) is 1. The summed E-state index contributed by atoms with van der Waals surface area (Å²) in [6.45, 7) is 1.33. The Morgan fingerprint density at radius 1 is 1.28 bits per heavy atom. The Bertz CT molecular complexity index is 985. The Morgan fingerprint density at radius 3 is 3.00 bits per heavy atom. The highest BCUT2D eigenvalue weighted by Gasteiger charge is 2.16. The van der Waals surface area contributed by atoms with Crippen LogP contribution < -0.4 is 10.1 Å². The second-order valence-electron chi connectivity index (χ2n) is 6.82. The molecule has 1 unspecified atom stereocenters. The number of thiazole rings is 1. The molecule has 1 atom stereocenters. The Hall–Kier alpha value is -2.41. The third-order valence-corrected chi connectivity index (χ3v) is 5.83. The number of hydrogen-bond donors (Lipinski definition) is 1. The maximum atomic E-state index is 12.4. The maximum absolute atomic E-state index is 12.4. The largest absolute Gasteiger partial charge is 0.491 e. The van der Waals surface area contributed by atoms with Gasteiger partial charge >= 0.3 is 0 Å². The number of hydrogen-bond acceptors (Lipinski definition) is 5. The third kappa shape index (κ3) is 5.35. The van der Waals surface area contributed by atoms with Crippen molar-refractivity contribution in [3.05, 3.63) is 64.6 Å². The lowest BCUT2D eigenvalue weighted by Gasteiger charge is -2.12. The predicted octanol–water partition coefficient (Wildman–Crippen LogP) is 5.20. The van der Waals surface area contributed by atoms with Crippen molar-refractivity contribution < 1.29 is 14.3 Å². The lowest BCUT2D eigenvalue weighted by Crippen LogP contribution is -2.17. The number of ether oxygens (including phenoxy) is 2. The molecule has 2 aromatic carbocycles. The van der Waals surface area contributed by atoms with Gasteiger partial charge in [0, 0.05) is 29.3 Å². The van der Waals surface area contributed by atoms with E-state index in [0.717, 1.165) is 30.0 Å². The second kappa shape index (κ2) is 9.39. The Labute approximate surface area is 178 Å². The Balaban J connectivity index is 1.34. The molecule has 2 heterocycles. The van der Waals surface area contributed by atoms with Crippen molar-refractivity contribution in [2.24, 2.45) is 0 Å². The minimum Gasteiger partial charge on any atom is -0.491 e. The van der Waals surface area contributed by atoms with Gasteiger partial charge in [0.1, 0.15) is 17.4 Å². The van der Waals surface area contributed by atoms with Crippen molar-refractivity contribution >= 4 is 34.5 Å². The molecule has 1 aliphatic heterocycles. The highest BCUT2D eigenvalue weighted by molar-refractivity contribution is 7.13. The topological polar surface area (TPSA) is 60.5 Å². The first kappa shape index (κ1) is 19.9. The van der Waals surface area contributed by atoms with Crippen LogP contribution in [-0.2, 0) is 16.0 Å². The molecule has 0 aliphatic carbocycles. The number of anilines is 1.